The molecule has 3 rings (SSSR count). The van der Waals surface area contributed by atoms with Crippen molar-refractivity contribution >= 4 is 22.0 Å². The summed E-state index contributed by atoms with van der Waals surface area (Å²) in [5, 5.41) is 0. The molecule has 0 amide bonds. The molecule has 0 bridgehead atoms. The van der Waals surface area contributed by atoms with E-state index in [0.29, 0.717) is 5.92 Å². The van der Waals surface area contributed by atoms with Crippen molar-refractivity contribution in [3.05, 3.63) is 38.9 Å². The van der Waals surface area contributed by atoms with Crippen LogP contribution in [0.25, 0.3) is 6.08 Å². The highest BCUT2D eigenvalue weighted by Gasteiger charge is 2.25. The van der Waals surface area contributed by atoms with Crippen LogP contribution in [-0.4, -0.2) is 0 Å². The standard InChI is InChI=1S/C16H19Br/c1-2-5-11-8-9-14-13-7-4-3-6-12(13)10-15(17)16(11)14/h8-11H,2-7H2,1H3. The van der Waals surface area contributed by atoms with E-state index in [0.717, 1.165) is 0 Å². The van der Waals surface area contributed by atoms with Gasteiger partial charge in [-0.2, -0.15) is 0 Å². The summed E-state index contributed by atoms with van der Waals surface area (Å²) in [7, 11) is 0. The number of aryl methyl sites for hydroxylation is 1. The first-order chi connectivity index (χ1) is 8.31. The van der Waals surface area contributed by atoms with Crippen LogP contribution in [0.2, 0.25) is 0 Å². The first-order valence-corrected chi connectivity index (χ1v) is 7.63. The Hall–Kier alpha value is -0.560. The molecule has 0 saturated carbocycles. The lowest BCUT2D eigenvalue weighted by Crippen LogP contribution is -2.07. The van der Waals surface area contributed by atoms with Crippen LogP contribution in [0.3, 0.4) is 0 Å². The Labute approximate surface area is 112 Å². The largest absolute Gasteiger partial charge is 0.0763 e. The number of allylic oxidation sites excluding steroid dienone is 1. The summed E-state index contributed by atoms with van der Waals surface area (Å²) in [4.78, 5) is 0. The van der Waals surface area contributed by atoms with Crippen LogP contribution in [0.1, 0.15) is 60.8 Å². The van der Waals surface area contributed by atoms with Crippen LogP contribution in [0.5, 0.6) is 0 Å². The molecule has 0 heterocycles. The summed E-state index contributed by atoms with van der Waals surface area (Å²) >= 11 is 3.80. The maximum Gasteiger partial charge on any atom is 0.0222 e. The van der Waals surface area contributed by atoms with Gasteiger partial charge in [-0.05, 0) is 60.4 Å². The molecule has 1 unspecified atom stereocenters. The van der Waals surface area contributed by atoms with E-state index < -0.39 is 0 Å². The molecular weight excluding hydrogens is 272 g/mol. The highest BCUT2D eigenvalue weighted by molar-refractivity contribution is 9.10. The molecule has 0 saturated heterocycles. The lowest BCUT2D eigenvalue weighted by molar-refractivity contribution is 0.677. The van der Waals surface area contributed by atoms with Crippen LogP contribution in [0.4, 0.5) is 0 Å². The minimum atomic E-state index is 0.650. The summed E-state index contributed by atoms with van der Waals surface area (Å²) in [5.74, 6) is 0.650. The normalized spacial score (nSPS) is 21.4. The van der Waals surface area contributed by atoms with Crippen LogP contribution in [-0.2, 0) is 12.8 Å². The number of halogens is 1. The fourth-order valence-corrected chi connectivity index (χ4v) is 4.13. The van der Waals surface area contributed by atoms with Crippen molar-refractivity contribution in [2.75, 3.05) is 0 Å². The van der Waals surface area contributed by atoms with Gasteiger partial charge in [0.2, 0.25) is 0 Å². The van der Waals surface area contributed by atoms with Crippen molar-refractivity contribution < 1.29 is 0 Å². The van der Waals surface area contributed by atoms with Gasteiger partial charge in [-0.25, -0.2) is 0 Å². The van der Waals surface area contributed by atoms with Gasteiger partial charge in [-0.3, -0.25) is 0 Å². The van der Waals surface area contributed by atoms with E-state index in [2.05, 4.69) is 41.1 Å². The fraction of sp³-hybridized carbons (Fsp3) is 0.500. The second-order valence-electron chi connectivity index (χ2n) is 5.28. The molecular formula is C16H19Br. The number of fused-ring (bicyclic) bond motifs is 3. The highest BCUT2D eigenvalue weighted by Crippen LogP contribution is 2.43. The molecule has 1 heteroatoms. The van der Waals surface area contributed by atoms with Gasteiger partial charge in [-0.1, -0.05) is 41.4 Å². The van der Waals surface area contributed by atoms with Gasteiger partial charge in [0.25, 0.3) is 0 Å². The second-order valence-corrected chi connectivity index (χ2v) is 6.14. The van der Waals surface area contributed by atoms with Crippen LogP contribution in [0, 0.1) is 0 Å². The van der Waals surface area contributed by atoms with Crippen molar-refractivity contribution in [2.24, 2.45) is 0 Å². The topological polar surface area (TPSA) is 0 Å². The Morgan fingerprint density at radius 1 is 1.29 bits per heavy atom. The van der Waals surface area contributed by atoms with Crippen molar-refractivity contribution in [1.29, 1.82) is 0 Å². The number of rotatable bonds is 2. The third kappa shape index (κ3) is 1.89. The Balaban J connectivity index is 2.11. The molecule has 0 nitrogen and oxygen atoms in total. The van der Waals surface area contributed by atoms with E-state index in [1.54, 1.807) is 22.3 Å². The van der Waals surface area contributed by atoms with E-state index in [1.165, 1.54) is 43.0 Å². The Morgan fingerprint density at radius 3 is 2.94 bits per heavy atom. The Kier molecular flexibility index (Phi) is 3.12. The number of hydrogen-bond donors (Lipinski definition) is 0. The highest BCUT2D eigenvalue weighted by atomic mass is 79.9. The summed E-state index contributed by atoms with van der Waals surface area (Å²) < 4.78 is 1.34. The fourth-order valence-electron chi connectivity index (χ4n) is 3.34. The van der Waals surface area contributed by atoms with Gasteiger partial charge in [0.05, 0.1) is 0 Å². The number of benzene rings is 1. The summed E-state index contributed by atoms with van der Waals surface area (Å²) in [6.45, 7) is 2.28. The van der Waals surface area contributed by atoms with E-state index in [1.807, 2.05) is 0 Å². The molecule has 0 fully saturated rings. The van der Waals surface area contributed by atoms with Crippen LogP contribution < -0.4 is 0 Å². The third-order valence-electron chi connectivity index (χ3n) is 4.15. The van der Waals surface area contributed by atoms with E-state index >= 15 is 0 Å². The van der Waals surface area contributed by atoms with Crippen LogP contribution in [0.15, 0.2) is 16.6 Å². The SMILES string of the molecule is CCCC1C=Cc2c3c(cc(Br)c21)CCCC3. The summed E-state index contributed by atoms with van der Waals surface area (Å²) in [6.07, 6.45) is 12.6. The first kappa shape index (κ1) is 11.5. The second kappa shape index (κ2) is 4.61. The van der Waals surface area contributed by atoms with Gasteiger partial charge in [0.1, 0.15) is 0 Å². The molecule has 0 radical (unpaired) electrons. The van der Waals surface area contributed by atoms with Gasteiger partial charge in [0.15, 0.2) is 0 Å². The van der Waals surface area contributed by atoms with Crippen LogP contribution >= 0.6 is 15.9 Å². The average molecular weight is 291 g/mol. The maximum absolute atomic E-state index is 3.80. The molecule has 17 heavy (non-hydrogen) atoms. The van der Waals surface area contributed by atoms with Crippen molar-refractivity contribution in [3.8, 4) is 0 Å². The molecule has 0 aliphatic heterocycles. The van der Waals surface area contributed by atoms with E-state index in [-0.39, 0.29) is 0 Å². The molecule has 90 valence electrons. The molecule has 2 aliphatic carbocycles. The minimum absolute atomic E-state index is 0.650. The lowest BCUT2D eigenvalue weighted by Gasteiger charge is -2.22. The molecule has 1 atom stereocenters. The zero-order chi connectivity index (χ0) is 11.8. The smallest absolute Gasteiger partial charge is 0.0222 e. The minimum Gasteiger partial charge on any atom is -0.0763 e. The molecule has 2 aliphatic rings. The van der Waals surface area contributed by atoms with E-state index in [9.17, 15) is 0 Å². The van der Waals surface area contributed by atoms with Gasteiger partial charge < -0.3 is 0 Å². The van der Waals surface area contributed by atoms with Gasteiger partial charge in [0, 0.05) is 10.4 Å². The average Bonchev–Trinajstić information content (AvgIpc) is 2.75. The Bertz CT molecular complexity index is 471. The molecule has 0 aromatic heterocycles. The van der Waals surface area contributed by atoms with E-state index in [4.69, 9.17) is 0 Å². The zero-order valence-corrected chi connectivity index (χ0v) is 12.0. The predicted octanol–water partition coefficient (Wildman–Crippen LogP) is 5.24. The molecule has 1 aromatic rings. The zero-order valence-electron chi connectivity index (χ0n) is 10.4. The quantitative estimate of drug-likeness (QED) is 0.699. The van der Waals surface area contributed by atoms with Gasteiger partial charge >= 0.3 is 0 Å². The third-order valence-corrected chi connectivity index (χ3v) is 4.81. The van der Waals surface area contributed by atoms with Crippen molar-refractivity contribution in [3.63, 3.8) is 0 Å². The monoisotopic (exact) mass is 290 g/mol. The van der Waals surface area contributed by atoms with Crippen molar-refractivity contribution in [2.45, 2.75) is 51.4 Å². The summed E-state index contributed by atoms with van der Waals surface area (Å²) in [6, 6.07) is 2.39. The molecule has 0 spiro atoms. The maximum atomic E-state index is 3.80. The van der Waals surface area contributed by atoms with Crippen molar-refractivity contribution in [1.82, 2.24) is 0 Å². The summed E-state index contributed by atoms with van der Waals surface area (Å²) in [5.41, 5.74) is 6.34. The first-order valence-electron chi connectivity index (χ1n) is 6.83. The Morgan fingerprint density at radius 2 is 2.12 bits per heavy atom. The number of hydrogen-bond acceptors (Lipinski definition) is 0. The lowest BCUT2D eigenvalue weighted by atomic mass is 9.85. The molecule has 0 N–H and O–H groups in total. The molecule has 1 aromatic carbocycles. The van der Waals surface area contributed by atoms with Gasteiger partial charge in [-0.15, -0.1) is 0 Å². The predicted molar refractivity (Wildman–Crippen MR) is 77.5 cm³/mol.